The number of furan rings is 1. The fraction of sp³-hybridized carbons (Fsp3) is 0. The summed E-state index contributed by atoms with van der Waals surface area (Å²) >= 11 is 0. The largest absolute Gasteiger partial charge is 0.438 e. The minimum atomic E-state index is 0.652. The van der Waals surface area contributed by atoms with Crippen molar-refractivity contribution in [1.82, 2.24) is 4.98 Å². The van der Waals surface area contributed by atoms with Gasteiger partial charge in [-0.2, -0.15) is 0 Å². The summed E-state index contributed by atoms with van der Waals surface area (Å²) < 4.78 is 6.14. The molecule has 12 aromatic rings. The molecule has 3 nitrogen and oxygen atoms in total. The van der Waals surface area contributed by atoms with Crippen LogP contribution in [0, 0.1) is 0 Å². The molecule has 0 fully saturated rings. The molecule has 0 bridgehead atoms. The summed E-state index contributed by atoms with van der Waals surface area (Å²) in [4.78, 5) is 7.29. The van der Waals surface area contributed by atoms with E-state index in [0.29, 0.717) is 5.71 Å². The zero-order valence-electron chi connectivity index (χ0n) is 32.6. The summed E-state index contributed by atoms with van der Waals surface area (Å²) in [6.45, 7) is 0. The summed E-state index contributed by atoms with van der Waals surface area (Å²) in [5.74, 6) is 0. The number of hydrogen-bond acceptors (Lipinski definition) is 3. The van der Waals surface area contributed by atoms with E-state index in [2.05, 4.69) is 205 Å². The highest BCUT2D eigenvalue weighted by Crippen LogP contribution is 2.40. The molecule has 2 heterocycles. The van der Waals surface area contributed by atoms with Gasteiger partial charge in [0, 0.05) is 33.4 Å². The predicted octanol–water partition coefficient (Wildman–Crippen LogP) is 16.1. The smallest absolute Gasteiger partial charge is 0.227 e. The number of rotatable bonds is 6. The lowest BCUT2D eigenvalue weighted by atomic mass is 9.96. The Morgan fingerprint density at radius 3 is 1.67 bits per heavy atom. The maximum atomic E-state index is 6.14. The van der Waals surface area contributed by atoms with Crippen molar-refractivity contribution in [3.63, 3.8) is 0 Å². The van der Waals surface area contributed by atoms with Gasteiger partial charge in [0.05, 0.1) is 5.69 Å². The van der Waals surface area contributed by atoms with E-state index < -0.39 is 0 Å². The average Bonchev–Trinajstić information content (AvgIpc) is 3.69. The molecule has 0 amide bonds. The summed E-state index contributed by atoms with van der Waals surface area (Å²) in [5.41, 5.74) is 11.5. The van der Waals surface area contributed by atoms with E-state index in [1.807, 2.05) is 18.2 Å². The SMILES string of the molecule is c1ccc2cc(-c3ccc4c(ccc5cc(N(c6ccc(-c7ccc8c(n7)oc7ccccc78)cc6)c6ccc(-c7cccc8ccccc78)cc6)ccc54)c3)ccc2c1. The van der Waals surface area contributed by atoms with Crippen LogP contribution in [0.4, 0.5) is 17.1 Å². The Hall–Kier alpha value is -8.01. The summed E-state index contributed by atoms with van der Waals surface area (Å²) in [6, 6.07) is 78.6. The molecule has 0 saturated carbocycles. The molecule has 0 atom stereocenters. The van der Waals surface area contributed by atoms with Crippen LogP contribution in [0.1, 0.15) is 0 Å². The lowest BCUT2D eigenvalue weighted by molar-refractivity contribution is 0.654. The number of pyridine rings is 1. The Labute approximate surface area is 347 Å². The number of nitrogens with zero attached hydrogens (tertiary/aromatic N) is 2. The molecule has 0 unspecified atom stereocenters. The van der Waals surface area contributed by atoms with Crippen molar-refractivity contribution in [3.05, 3.63) is 218 Å². The number of benzene rings is 10. The van der Waals surface area contributed by atoms with Crippen LogP contribution in [0.25, 0.3) is 98.7 Å². The molecular formula is C57H36N2O. The van der Waals surface area contributed by atoms with Crippen molar-refractivity contribution in [2.45, 2.75) is 0 Å². The second-order valence-corrected chi connectivity index (χ2v) is 15.6. The van der Waals surface area contributed by atoms with Crippen LogP contribution in [-0.2, 0) is 0 Å². The minimum absolute atomic E-state index is 0.652. The Kier molecular flexibility index (Phi) is 7.85. The fourth-order valence-corrected chi connectivity index (χ4v) is 9.01. The Balaban J connectivity index is 0.938. The molecule has 3 heteroatoms. The quantitative estimate of drug-likeness (QED) is 0.158. The third-order valence-electron chi connectivity index (χ3n) is 12.1. The van der Waals surface area contributed by atoms with Crippen LogP contribution >= 0.6 is 0 Å². The van der Waals surface area contributed by atoms with Gasteiger partial charge >= 0.3 is 0 Å². The first-order valence-corrected chi connectivity index (χ1v) is 20.4. The Morgan fingerprint density at radius 1 is 0.317 bits per heavy atom. The maximum Gasteiger partial charge on any atom is 0.227 e. The highest BCUT2D eigenvalue weighted by atomic mass is 16.3. The van der Waals surface area contributed by atoms with Crippen LogP contribution in [0.2, 0.25) is 0 Å². The standard InChI is InChI=1S/C57H36N2O/c1-2-10-41-34-42(17-16-37(41)8-1)43-24-30-51-44(35-43)18-19-45-36-48(29-31-52(45)51)59(46-25-20-39(21-26-46)50-14-7-11-38-9-3-4-12-49(38)50)47-27-22-40(23-28-47)55-33-32-54-53-13-5-6-15-56(53)60-57(54)58-55/h1-36H. The zero-order chi connectivity index (χ0) is 39.6. The number of hydrogen-bond donors (Lipinski definition) is 0. The maximum absolute atomic E-state index is 6.14. The van der Waals surface area contributed by atoms with Crippen molar-refractivity contribution in [3.8, 4) is 33.5 Å². The molecule has 60 heavy (non-hydrogen) atoms. The van der Waals surface area contributed by atoms with E-state index >= 15 is 0 Å². The summed E-state index contributed by atoms with van der Waals surface area (Å²) in [6.07, 6.45) is 0. The monoisotopic (exact) mass is 764 g/mol. The number of fused-ring (bicyclic) bond motifs is 8. The third-order valence-corrected chi connectivity index (χ3v) is 12.1. The van der Waals surface area contributed by atoms with E-state index in [1.165, 1.54) is 65.3 Å². The van der Waals surface area contributed by atoms with Crippen LogP contribution in [-0.4, -0.2) is 4.98 Å². The molecular weight excluding hydrogens is 729 g/mol. The van der Waals surface area contributed by atoms with E-state index in [1.54, 1.807) is 0 Å². The Morgan fingerprint density at radius 2 is 0.867 bits per heavy atom. The second kappa shape index (κ2) is 13.8. The van der Waals surface area contributed by atoms with Gasteiger partial charge in [-0.1, -0.05) is 152 Å². The first kappa shape index (κ1) is 34.1. The third kappa shape index (κ3) is 5.79. The van der Waals surface area contributed by atoms with Gasteiger partial charge in [-0.05, 0) is 132 Å². The van der Waals surface area contributed by atoms with Gasteiger partial charge in [0.15, 0.2) is 0 Å². The molecule has 0 N–H and O–H groups in total. The van der Waals surface area contributed by atoms with Crippen LogP contribution in [0.3, 0.4) is 0 Å². The van der Waals surface area contributed by atoms with Crippen molar-refractivity contribution in [1.29, 1.82) is 0 Å². The van der Waals surface area contributed by atoms with Crippen LogP contribution in [0.15, 0.2) is 223 Å². The van der Waals surface area contributed by atoms with Crippen molar-refractivity contribution in [2.24, 2.45) is 0 Å². The van der Waals surface area contributed by atoms with Gasteiger partial charge in [0.25, 0.3) is 0 Å². The van der Waals surface area contributed by atoms with Crippen molar-refractivity contribution >= 4 is 82.2 Å². The summed E-state index contributed by atoms with van der Waals surface area (Å²) in [7, 11) is 0. The van der Waals surface area contributed by atoms with Crippen molar-refractivity contribution in [2.75, 3.05) is 4.90 Å². The highest BCUT2D eigenvalue weighted by molar-refractivity contribution is 6.10. The van der Waals surface area contributed by atoms with Gasteiger partial charge in [-0.15, -0.1) is 0 Å². The molecule has 12 rings (SSSR count). The summed E-state index contributed by atoms with van der Waals surface area (Å²) in [5, 5.41) is 12.0. The lowest BCUT2D eigenvalue weighted by Gasteiger charge is -2.26. The normalized spacial score (nSPS) is 11.7. The first-order chi connectivity index (χ1) is 29.7. The van der Waals surface area contributed by atoms with Gasteiger partial charge in [0.2, 0.25) is 5.71 Å². The lowest BCUT2D eigenvalue weighted by Crippen LogP contribution is -2.10. The molecule has 0 saturated heterocycles. The average molecular weight is 765 g/mol. The highest BCUT2D eigenvalue weighted by Gasteiger charge is 2.16. The fourth-order valence-electron chi connectivity index (χ4n) is 9.01. The molecule has 0 aliphatic rings. The first-order valence-electron chi connectivity index (χ1n) is 20.4. The number of para-hydroxylation sites is 1. The van der Waals surface area contributed by atoms with Gasteiger partial charge < -0.3 is 9.32 Å². The van der Waals surface area contributed by atoms with E-state index in [4.69, 9.17) is 9.40 Å². The molecule has 2 aromatic heterocycles. The predicted molar refractivity (Wildman–Crippen MR) is 253 cm³/mol. The molecule has 0 spiro atoms. The minimum Gasteiger partial charge on any atom is -0.438 e. The van der Waals surface area contributed by atoms with Gasteiger partial charge in [-0.25, -0.2) is 4.98 Å². The van der Waals surface area contributed by atoms with Crippen LogP contribution < -0.4 is 4.90 Å². The topological polar surface area (TPSA) is 29.3 Å². The number of aromatic nitrogens is 1. The molecule has 10 aromatic carbocycles. The number of anilines is 3. The van der Waals surface area contributed by atoms with E-state index in [9.17, 15) is 0 Å². The van der Waals surface area contributed by atoms with Crippen LogP contribution in [0.5, 0.6) is 0 Å². The van der Waals surface area contributed by atoms with Crippen molar-refractivity contribution < 1.29 is 4.42 Å². The molecule has 0 aliphatic carbocycles. The Bertz CT molecular complexity index is 3600. The molecule has 0 radical (unpaired) electrons. The second-order valence-electron chi connectivity index (χ2n) is 15.6. The van der Waals surface area contributed by atoms with E-state index in [0.717, 1.165) is 44.7 Å². The van der Waals surface area contributed by atoms with Gasteiger partial charge in [-0.3, -0.25) is 0 Å². The molecule has 280 valence electrons. The van der Waals surface area contributed by atoms with Gasteiger partial charge in [0.1, 0.15) is 5.58 Å². The zero-order valence-corrected chi connectivity index (χ0v) is 32.6. The molecule has 0 aliphatic heterocycles. The van der Waals surface area contributed by atoms with E-state index in [-0.39, 0.29) is 0 Å².